The Labute approximate surface area is 61.8 Å². The van der Waals surface area contributed by atoms with E-state index in [-0.39, 0.29) is 12.0 Å². The average molecular weight is 141 g/mol. The minimum absolute atomic E-state index is 0.267. The highest BCUT2D eigenvalue weighted by Crippen LogP contribution is 2.23. The van der Waals surface area contributed by atoms with Crippen molar-refractivity contribution in [1.82, 2.24) is 0 Å². The quantitative estimate of drug-likeness (QED) is 0.594. The van der Waals surface area contributed by atoms with Gasteiger partial charge in [0.05, 0.1) is 0 Å². The van der Waals surface area contributed by atoms with Gasteiger partial charge in [0.2, 0.25) is 0 Å². The Morgan fingerprint density at radius 1 is 1.50 bits per heavy atom. The summed E-state index contributed by atoms with van der Waals surface area (Å²) in [5.74, 6) is 0.582. The van der Waals surface area contributed by atoms with Gasteiger partial charge < -0.3 is 5.73 Å². The molecule has 58 valence electrons. The fourth-order valence-corrected chi connectivity index (χ4v) is 1.60. The van der Waals surface area contributed by atoms with Gasteiger partial charge in [-0.2, -0.15) is 0 Å². The van der Waals surface area contributed by atoms with Crippen molar-refractivity contribution >= 4 is 5.78 Å². The zero-order valence-corrected chi connectivity index (χ0v) is 6.47. The van der Waals surface area contributed by atoms with Crippen LogP contribution in [0.5, 0.6) is 0 Å². The van der Waals surface area contributed by atoms with Crippen LogP contribution in [0, 0.1) is 5.92 Å². The Morgan fingerprint density at radius 2 is 2.20 bits per heavy atom. The first-order chi connectivity index (χ1) is 4.70. The fourth-order valence-electron chi connectivity index (χ4n) is 1.60. The summed E-state index contributed by atoms with van der Waals surface area (Å²) in [5.41, 5.74) is 5.71. The molecule has 1 aliphatic rings. The lowest BCUT2D eigenvalue weighted by Crippen LogP contribution is -2.30. The summed E-state index contributed by atoms with van der Waals surface area (Å²) in [6.07, 6.45) is 4.20. The highest BCUT2D eigenvalue weighted by Gasteiger charge is 2.21. The monoisotopic (exact) mass is 141 g/mol. The van der Waals surface area contributed by atoms with E-state index in [1.165, 1.54) is 0 Å². The number of Topliss-reactive ketones (excluding diaryl/α,β-unsaturated/α-hetero) is 1. The molecule has 2 atom stereocenters. The van der Waals surface area contributed by atoms with Crippen LogP contribution in [0.15, 0.2) is 0 Å². The molecule has 2 heteroatoms. The maximum atomic E-state index is 10.9. The molecule has 1 aliphatic carbocycles. The Kier molecular flexibility index (Phi) is 2.44. The molecule has 0 spiro atoms. The number of carbonyl (C=O) groups excluding carboxylic acids is 1. The van der Waals surface area contributed by atoms with Crippen molar-refractivity contribution in [3.63, 3.8) is 0 Å². The zero-order valence-electron chi connectivity index (χ0n) is 6.47. The van der Waals surface area contributed by atoms with Gasteiger partial charge in [-0.3, -0.25) is 4.79 Å². The number of hydrogen-bond acceptors (Lipinski definition) is 2. The van der Waals surface area contributed by atoms with Crippen LogP contribution < -0.4 is 5.73 Å². The van der Waals surface area contributed by atoms with E-state index in [9.17, 15) is 4.79 Å². The molecule has 1 saturated carbocycles. The van der Waals surface area contributed by atoms with Gasteiger partial charge in [-0.25, -0.2) is 0 Å². The van der Waals surface area contributed by atoms with E-state index in [2.05, 4.69) is 0 Å². The van der Waals surface area contributed by atoms with Crippen molar-refractivity contribution in [2.75, 3.05) is 0 Å². The van der Waals surface area contributed by atoms with Gasteiger partial charge in [0, 0.05) is 12.0 Å². The molecule has 0 saturated heterocycles. The predicted octanol–water partition coefficient (Wildman–Crippen LogP) is 1.09. The zero-order chi connectivity index (χ0) is 7.56. The minimum atomic E-state index is 0.267. The van der Waals surface area contributed by atoms with Crippen molar-refractivity contribution in [1.29, 1.82) is 0 Å². The number of nitrogens with two attached hydrogens (primary N) is 1. The average Bonchev–Trinajstić information content (AvgIpc) is 1.88. The molecule has 2 nitrogen and oxygen atoms in total. The van der Waals surface area contributed by atoms with Crippen LogP contribution >= 0.6 is 0 Å². The SMILES string of the molecule is CC(=O)[C@H]1CCC[C@@H](N)C1. The maximum Gasteiger partial charge on any atom is 0.132 e. The summed E-state index contributed by atoms with van der Waals surface area (Å²) in [6.45, 7) is 1.67. The third kappa shape index (κ3) is 1.81. The molecule has 0 radical (unpaired) electrons. The van der Waals surface area contributed by atoms with Crippen LogP contribution in [0.3, 0.4) is 0 Å². The maximum absolute atomic E-state index is 10.9. The summed E-state index contributed by atoms with van der Waals surface area (Å²) < 4.78 is 0. The lowest BCUT2D eigenvalue weighted by molar-refractivity contribution is -0.121. The van der Waals surface area contributed by atoms with Crippen LogP contribution in [-0.4, -0.2) is 11.8 Å². The molecule has 0 aromatic carbocycles. The van der Waals surface area contributed by atoms with Crippen LogP contribution in [0.25, 0.3) is 0 Å². The largest absolute Gasteiger partial charge is 0.328 e. The standard InChI is InChI=1S/C8H15NO/c1-6(10)7-3-2-4-8(9)5-7/h7-8H,2-5,9H2,1H3/t7-,8+/m0/s1. The number of rotatable bonds is 1. The van der Waals surface area contributed by atoms with Crippen LogP contribution in [-0.2, 0) is 4.79 Å². The van der Waals surface area contributed by atoms with E-state index in [1.807, 2.05) is 0 Å². The summed E-state index contributed by atoms with van der Waals surface area (Å²) >= 11 is 0. The first-order valence-electron chi connectivity index (χ1n) is 3.96. The molecule has 0 bridgehead atoms. The molecule has 0 amide bonds. The summed E-state index contributed by atoms with van der Waals surface area (Å²) in [6, 6.07) is 0.280. The first-order valence-corrected chi connectivity index (χ1v) is 3.96. The lowest BCUT2D eigenvalue weighted by Gasteiger charge is -2.24. The second-order valence-electron chi connectivity index (χ2n) is 3.23. The van der Waals surface area contributed by atoms with Gasteiger partial charge in [0.25, 0.3) is 0 Å². The molecule has 0 aliphatic heterocycles. The number of hydrogen-bond donors (Lipinski definition) is 1. The molecule has 2 N–H and O–H groups in total. The Bertz CT molecular complexity index is 133. The molecule has 0 heterocycles. The van der Waals surface area contributed by atoms with E-state index in [0.717, 1.165) is 25.7 Å². The van der Waals surface area contributed by atoms with Gasteiger partial charge in [-0.1, -0.05) is 6.42 Å². The Hall–Kier alpha value is -0.370. The van der Waals surface area contributed by atoms with Crippen molar-refractivity contribution in [3.8, 4) is 0 Å². The summed E-state index contributed by atoms with van der Waals surface area (Å²) in [4.78, 5) is 10.9. The van der Waals surface area contributed by atoms with Gasteiger partial charge >= 0.3 is 0 Å². The van der Waals surface area contributed by atoms with Crippen LogP contribution in [0.1, 0.15) is 32.6 Å². The van der Waals surface area contributed by atoms with Gasteiger partial charge in [-0.15, -0.1) is 0 Å². The minimum Gasteiger partial charge on any atom is -0.328 e. The summed E-state index contributed by atoms with van der Waals surface area (Å²) in [5, 5.41) is 0. The third-order valence-corrected chi connectivity index (χ3v) is 2.29. The van der Waals surface area contributed by atoms with E-state index in [0.29, 0.717) is 5.78 Å². The smallest absolute Gasteiger partial charge is 0.132 e. The predicted molar refractivity (Wildman–Crippen MR) is 40.6 cm³/mol. The van der Waals surface area contributed by atoms with Crippen molar-refractivity contribution in [3.05, 3.63) is 0 Å². The Morgan fingerprint density at radius 3 is 2.60 bits per heavy atom. The van der Waals surface area contributed by atoms with Gasteiger partial charge in [-0.05, 0) is 26.2 Å². The molecule has 0 aromatic heterocycles. The number of carbonyl (C=O) groups is 1. The first kappa shape index (κ1) is 7.73. The van der Waals surface area contributed by atoms with Crippen molar-refractivity contribution < 1.29 is 4.79 Å². The molecule has 1 rings (SSSR count). The highest BCUT2D eigenvalue weighted by molar-refractivity contribution is 5.78. The van der Waals surface area contributed by atoms with E-state index < -0.39 is 0 Å². The Balaban J connectivity index is 2.39. The summed E-state index contributed by atoms with van der Waals surface area (Å²) in [7, 11) is 0. The normalized spacial score (nSPS) is 33.8. The lowest BCUT2D eigenvalue weighted by atomic mass is 9.84. The second-order valence-corrected chi connectivity index (χ2v) is 3.23. The molecule has 0 unspecified atom stereocenters. The van der Waals surface area contributed by atoms with E-state index >= 15 is 0 Å². The van der Waals surface area contributed by atoms with Crippen molar-refractivity contribution in [2.45, 2.75) is 38.6 Å². The number of ketones is 1. The van der Waals surface area contributed by atoms with Crippen molar-refractivity contribution in [2.24, 2.45) is 11.7 Å². The molecular formula is C8H15NO. The van der Waals surface area contributed by atoms with Gasteiger partial charge in [0.15, 0.2) is 0 Å². The van der Waals surface area contributed by atoms with Crippen LogP contribution in [0.2, 0.25) is 0 Å². The molecular weight excluding hydrogens is 126 g/mol. The second kappa shape index (κ2) is 3.15. The van der Waals surface area contributed by atoms with E-state index in [4.69, 9.17) is 5.73 Å². The molecule has 10 heavy (non-hydrogen) atoms. The fraction of sp³-hybridized carbons (Fsp3) is 0.875. The van der Waals surface area contributed by atoms with Crippen LogP contribution in [0.4, 0.5) is 0 Å². The highest BCUT2D eigenvalue weighted by atomic mass is 16.1. The third-order valence-electron chi connectivity index (χ3n) is 2.29. The topological polar surface area (TPSA) is 43.1 Å². The molecule has 0 aromatic rings. The van der Waals surface area contributed by atoms with Gasteiger partial charge in [0.1, 0.15) is 5.78 Å². The van der Waals surface area contributed by atoms with E-state index in [1.54, 1.807) is 6.92 Å². The molecule has 1 fully saturated rings.